The number of carbonyl (C=O) groups is 2. The van der Waals surface area contributed by atoms with Crippen LogP contribution in [0.15, 0.2) is 29.3 Å². The highest BCUT2D eigenvalue weighted by molar-refractivity contribution is 14.0. The fraction of sp³-hybridized carbons (Fsp3) is 0.591. The van der Waals surface area contributed by atoms with Crippen LogP contribution in [-0.4, -0.2) is 60.9 Å². The predicted octanol–water partition coefficient (Wildman–Crippen LogP) is 2.78. The molecule has 1 aromatic rings. The lowest BCUT2D eigenvalue weighted by Gasteiger charge is -2.34. The first-order chi connectivity index (χ1) is 14.1. The van der Waals surface area contributed by atoms with Crippen molar-refractivity contribution in [2.45, 2.75) is 45.7 Å². The zero-order chi connectivity index (χ0) is 20.6. The van der Waals surface area contributed by atoms with E-state index in [1.54, 1.807) is 7.05 Å². The smallest absolute Gasteiger partial charge is 0.310 e. The number of ether oxygens (including phenoxy) is 1. The van der Waals surface area contributed by atoms with Crippen LogP contribution in [0, 0.1) is 5.92 Å². The molecule has 1 atom stereocenters. The number of benzene rings is 1. The molecule has 7 nitrogen and oxygen atoms in total. The van der Waals surface area contributed by atoms with Gasteiger partial charge in [0.1, 0.15) is 0 Å². The quantitative estimate of drug-likeness (QED) is 0.202. The molecule has 0 saturated carbocycles. The van der Waals surface area contributed by atoms with Gasteiger partial charge in [-0.1, -0.05) is 24.3 Å². The molecule has 1 fully saturated rings. The van der Waals surface area contributed by atoms with E-state index in [2.05, 4.69) is 27.3 Å². The van der Waals surface area contributed by atoms with Gasteiger partial charge in [0, 0.05) is 46.2 Å². The van der Waals surface area contributed by atoms with Crippen molar-refractivity contribution in [1.29, 1.82) is 0 Å². The van der Waals surface area contributed by atoms with Crippen LogP contribution in [0.1, 0.15) is 43.7 Å². The van der Waals surface area contributed by atoms with E-state index in [1.807, 2.05) is 24.0 Å². The summed E-state index contributed by atoms with van der Waals surface area (Å²) in [4.78, 5) is 33.0. The van der Waals surface area contributed by atoms with Crippen LogP contribution in [0.5, 0.6) is 0 Å². The average Bonchev–Trinajstić information content (AvgIpc) is 3.18. The number of aliphatic imine (C=N–C) groups is 1. The third-order valence-electron chi connectivity index (χ3n) is 5.60. The van der Waals surface area contributed by atoms with E-state index in [0.717, 1.165) is 31.8 Å². The van der Waals surface area contributed by atoms with Crippen LogP contribution in [0.3, 0.4) is 0 Å². The molecule has 8 heteroatoms. The first-order valence-electron chi connectivity index (χ1n) is 10.6. The molecule has 166 valence electrons. The summed E-state index contributed by atoms with van der Waals surface area (Å²) in [6, 6.07) is 8.23. The SMILES string of the molecule is CCOC(=O)C1CCCN(C(=NC)NCCCC(=O)N2Cc3ccccc3C2)C1.I. The summed E-state index contributed by atoms with van der Waals surface area (Å²) >= 11 is 0. The van der Waals surface area contributed by atoms with Gasteiger partial charge in [0.25, 0.3) is 0 Å². The van der Waals surface area contributed by atoms with Crippen molar-refractivity contribution in [1.82, 2.24) is 15.1 Å². The lowest BCUT2D eigenvalue weighted by molar-refractivity contribution is -0.149. The monoisotopic (exact) mass is 528 g/mol. The van der Waals surface area contributed by atoms with Crippen LogP contribution < -0.4 is 5.32 Å². The highest BCUT2D eigenvalue weighted by atomic mass is 127. The summed E-state index contributed by atoms with van der Waals surface area (Å²) in [5.41, 5.74) is 2.50. The van der Waals surface area contributed by atoms with Crippen molar-refractivity contribution in [3.05, 3.63) is 35.4 Å². The van der Waals surface area contributed by atoms with Crippen LogP contribution in [0.25, 0.3) is 0 Å². The summed E-state index contributed by atoms with van der Waals surface area (Å²) < 4.78 is 5.17. The molecule has 1 N–H and O–H groups in total. The first kappa shape index (κ1) is 24.4. The summed E-state index contributed by atoms with van der Waals surface area (Å²) in [6.45, 7) is 5.86. The molecule has 2 aliphatic rings. The standard InChI is InChI=1S/C22H32N4O3.HI/c1-3-29-21(28)19-10-7-13-25(16-19)22(23-2)24-12-6-11-20(27)26-14-17-8-4-5-9-18(17)15-26;/h4-5,8-9,19H,3,6-7,10-16H2,1-2H3,(H,23,24);1H. The second kappa shape index (κ2) is 12.1. The van der Waals surface area contributed by atoms with Gasteiger partial charge in [-0.15, -0.1) is 24.0 Å². The summed E-state index contributed by atoms with van der Waals surface area (Å²) in [7, 11) is 1.75. The van der Waals surface area contributed by atoms with E-state index >= 15 is 0 Å². The highest BCUT2D eigenvalue weighted by Gasteiger charge is 2.28. The molecule has 0 aliphatic carbocycles. The van der Waals surface area contributed by atoms with Gasteiger partial charge in [-0.3, -0.25) is 14.6 Å². The predicted molar refractivity (Wildman–Crippen MR) is 128 cm³/mol. The number of esters is 1. The second-order valence-electron chi connectivity index (χ2n) is 7.63. The third-order valence-corrected chi connectivity index (χ3v) is 5.60. The number of likely N-dealkylation sites (tertiary alicyclic amines) is 1. The Bertz CT molecular complexity index is 731. The normalized spacial score (nSPS) is 18.5. The van der Waals surface area contributed by atoms with Crippen LogP contribution in [0.2, 0.25) is 0 Å². The highest BCUT2D eigenvalue weighted by Crippen LogP contribution is 2.23. The fourth-order valence-electron chi connectivity index (χ4n) is 4.06. The summed E-state index contributed by atoms with van der Waals surface area (Å²) in [5.74, 6) is 0.767. The maximum Gasteiger partial charge on any atom is 0.310 e. The molecule has 0 radical (unpaired) electrons. The Balaban J connectivity index is 0.00000320. The van der Waals surface area contributed by atoms with E-state index in [-0.39, 0.29) is 41.8 Å². The van der Waals surface area contributed by atoms with Crippen molar-refractivity contribution in [2.75, 3.05) is 33.3 Å². The van der Waals surface area contributed by atoms with Gasteiger partial charge in [0.15, 0.2) is 5.96 Å². The molecular formula is C22H33IN4O3. The Morgan fingerprint density at radius 3 is 2.53 bits per heavy atom. The van der Waals surface area contributed by atoms with Crippen molar-refractivity contribution < 1.29 is 14.3 Å². The van der Waals surface area contributed by atoms with Crippen molar-refractivity contribution >= 4 is 41.8 Å². The number of amides is 1. The molecule has 1 unspecified atom stereocenters. The number of halogens is 1. The number of hydrogen-bond acceptors (Lipinski definition) is 4. The maximum atomic E-state index is 12.5. The van der Waals surface area contributed by atoms with Crippen molar-refractivity contribution in [3.63, 3.8) is 0 Å². The van der Waals surface area contributed by atoms with E-state index in [1.165, 1.54) is 11.1 Å². The molecular weight excluding hydrogens is 495 g/mol. The van der Waals surface area contributed by atoms with Gasteiger partial charge < -0.3 is 19.9 Å². The minimum atomic E-state index is -0.121. The van der Waals surface area contributed by atoms with Gasteiger partial charge in [-0.2, -0.15) is 0 Å². The number of guanidine groups is 1. The Kier molecular flexibility index (Phi) is 9.87. The molecule has 0 bridgehead atoms. The first-order valence-corrected chi connectivity index (χ1v) is 10.6. The number of piperidine rings is 1. The minimum absolute atomic E-state index is 0. The second-order valence-corrected chi connectivity index (χ2v) is 7.63. The molecule has 1 aromatic carbocycles. The average molecular weight is 528 g/mol. The number of hydrogen-bond donors (Lipinski definition) is 1. The van der Waals surface area contributed by atoms with Crippen LogP contribution in [-0.2, 0) is 27.4 Å². The Morgan fingerprint density at radius 2 is 1.90 bits per heavy atom. The number of carbonyl (C=O) groups excluding carboxylic acids is 2. The van der Waals surface area contributed by atoms with Gasteiger partial charge in [-0.25, -0.2) is 0 Å². The molecule has 3 rings (SSSR count). The maximum absolute atomic E-state index is 12.5. The molecule has 1 saturated heterocycles. The van der Waals surface area contributed by atoms with E-state index in [0.29, 0.717) is 39.2 Å². The minimum Gasteiger partial charge on any atom is -0.466 e. The molecule has 2 aliphatic heterocycles. The lowest BCUT2D eigenvalue weighted by Crippen LogP contribution is -2.48. The summed E-state index contributed by atoms with van der Waals surface area (Å²) in [6.07, 6.45) is 3.07. The number of nitrogens with one attached hydrogen (secondary N) is 1. The lowest BCUT2D eigenvalue weighted by atomic mass is 9.98. The Labute approximate surface area is 196 Å². The zero-order valence-electron chi connectivity index (χ0n) is 17.9. The van der Waals surface area contributed by atoms with E-state index in [9.17, 15) is 9.59 Å². The number of fused-ring (bicyclic) bond motifs is 1. The molecule has 0 spiro atoms. The third kappa shape index (κ3) is 6.33. The Morgan fingerprint density at radius 1 is 1.20 bits per heavy atom. The van der Waals surface area contributed by atoms with Crippen molar-refractivity contribution in [3.8, 4) is 0 Å². The van der Waals surface area contributed by atoms with Gasteiger partial charge in [-0.05, 0) is 37.3 Å². The zero-order valence-corrected chi connectivity index (χ0v) is 20.3. The van der Waals surface area contributed by atoms with Gasteiger partial charge in [0.05, 0.1) is 12.5 Å². The van der Waals surface area contributed by atoms with Gasteiger partial charge >= 0.3 is 5.97 Å². The van der Waals surface area contributed by atoms with Gasteiger partial charge in [0.2, 0.25) is 5.91 Å². The van der Waals surface area contributed by atoms with Crippen LogP contribution >= 0.6 is 24.0 Å². The molecule has 2 heterocycles. The van der Waals surface area contributed by atoms with Crippen LogP contribution in [0.4, 0.5) is 0 Å². The van der Waals surface area contributed by atoms with E-state index in [4.69, 9.17) is 4.74 Å². The number of nitrogens with zero attached hydrogens (tertiary/aromatic N) is 3. The number of rotatable bonds is 6. The van der Waals surface area contributed by atoms with E-state index < -0.39 is 0 Å². The molecule has 1 amide bonds. The fourth-order valence-corrected chi connectivity index (χ4v) is 4.06. The molecule has 0 aromatic heterocycles. The molecule has 30 heavy (non-hydrogen) atoms. The largest absolute Gasteiger partial charge is 0.466 e. The topological polar surface area (TPSA) is 74.2 Å². The summed E-state index contributed by atoms with van der Waals surface area (Å²) in [5, 5.41) is 3.35. The Hall–Kier alpha value is -1.84. The van der Waals surface area contributed by atoms with Crippen molar-refractivity contribution in [2.24, 2.45) is 10.9 Å².